The predicted molar refractivity (Wildman–Crippen MR) is 147 cm³/mol. The van der Waals surface area contributed by atoms with Gasteiger partial charge in [-0.25, -0.2) is 9.97 Å². The van der Waals surface area contributed by atoms with Crippen molar-refractivity contribution in [2.45, 2.75) is 20.8 Å². The second-order valence-corrected chi connectivity index (χ2v) is 9.09. The number of nitrogens with zero attached hydrogens (tertiary/aromatic N) is 6. The van der Waals surface area contributed by atoms with Crippen LogP contribution in [0, 0.1) is 5.92 Å². The number of aromatic nitrogens is 6. The molecular weight excluding hydrogens is 466 g/mol. The summed E-state index contributed by atoms with van der Waals surface area (Å²) in [6.07, 6.45) is 7.03. The van der Waals surface area contributed by atoms with E-state index in [9.17, 15) is 4.79 Å². The van der Waals surface area contributed by atoms with Gasteiger partial charge in [-0.05, 0) is 43.5 Å². The number of H-pyrrole nitrogens is 2. The Morgan fingerprint density at radius 2 is 2.03 bits per heavy atom. The molecule has 0 aliphatic rings. The number of allylic oxidation sites excluding steroid dienone is 1. The van der Waals surface area contributed by atoms with Gasteiger partial charge in [0.1, 0.15) is 11.2 Å². The quantitative estimate of drug-likeness (QED) is 0.269. The standard InChI is InChI=1S/C27H27N9O/c1-15(2)27(37)31-19-10-18(12-29-13-19)17-6-7-21-20(11-17)23(35-34-21)26-32-24-22(8-9-30-25(24)33-26)36(5)14-16(3)28-4/h6-15H,4H2,1-3,5H3,(H,31,37)(H,34,35)(H,30,32,33)/b16-14-. The first-order chi connectivity index (χ1) is 17.8. The third-order valence-electron chi connectivity index (χ3n) is 6.03. The van der Waals surface area contributed by atoms with E-state index in [1.54, 1.807) is 18.6 Å². The van der Waals surface area contributed by atoms with Crippen LogP contribution >= 0.6 is 0 Å². The van der Waals surface area contributed by atoms with E-state index in [4.69, 9.17) is 4.98 Å². The lowest BCUT2D eigenvalue weighted by Crippen LogP contribution is -2.17. The summed E-state index contributed by atoms with van der Waals surface area (Å²) in [5.41, 5.74) is 7.09. The van der Waals surface area contributed by atoms with Gasteiger partial charge in [-0.1, -0.05) is 19.9 Å². The van der Waals surface area contributed by atoms with Crippen LogP contribution in [0.4, 0.5) is 11.4 Å². The van der Waals surface area contributed by atoms with Gasteiger partial charge in [0.2, 0.25) is 5.91 Å². The van der Waals surface area contributed by atoms with Crippen LogP contribution in [0.25, 0.3) is 44.7 Å². The number of fused-ring (bicyclic) bond motifs is 2. The molecule has 0 saturated carbocycles. The van der Waals surface area contributed by atoms with Crippen LogP contribution < -0.4 is 10.2 Å². The molecule has 0 spiro atoms. The number of amides is 1. The van der Waals surface area contributed by atoms with Crippen molar-refractivity contribution in [1.29, 1.82) is 0 Å². The molecule has 10 nitrogen and oxygen atoms in total. The van der Waals surface area contributed by atoms with Crippen LogP contribution in [0.5, 0.6) is 0 Å². The Labute approximate surface area is 213 Å². The summed E-state index contributed by atoms with van der Waals surface area (Å²) in [5.74, 6) is 0.428. The van der Waals surface area contributed by atoms with Crippen molar-refractivity contribution >= 4 is 46.1 Å². The van der Waals surface area contributed by atoms with Gasteiger partial charge in [0.15, 0.2) is 11.5 Å². The average molecular weight is 494 g/mol. The molecule has 10 heteroatoms. The van der Waals surface area contributed by atoms with Gasteiger partial charge < -0.3 is 15.2 Å². The van der Waals surface area contributed by atoms with Crippen molar-refractivity contribution in [2.24, 2.45) is 10.9 Å². The van der Waals surface area contributed by atoms with E-state index in [1.165, 1.54) is 0 Å². The number of aromatic amines is 2. The first-order valence-corrected chi connectivity index (χ1v) is 11.8. The molecule has 0 bridgehead atoms. The van der Waals surface area contributed by atoms with Gasteiger partial charge in [-0.3, -0.25) is 19.9 Å². The van der Waals surface area contributed by atoms with E-state index in [2.05, 4.69) is 42.2 Å². The molecule has 4 aromatic heterocycles. The zero-order valence-corrected chi connectivity index (χ0v) is 21.1. The van der Waals surface area contributed by atoms with Crippen molar-refractivity contribution in [3.63, 3.8) is 0 Å². The molecule has 0 aliphatic heterocycles. The van der Waals surface area contributed by atoms with E-state index >= 15 is 0 Å². The molecule has 0 atom stereocenters. The molecule has 186 valence electrons. The first kappa shape index (κ1) is 23.9. The molecule has 1 amide bonds. The Balaban J connectivity index is 1.54. The maximum Gasteiger partial charge on any atom is 0.226 e. The highest BCUT2D eigenvalue weighted by molar-refractivity contribution is 5.97. The lowest BCUT2D eigenvalue weighted by Gasteiger charge is -2.15. The molecule has 0 radical (unpaired) electrons. The SMILES string of the molecule is C=N/C(C)=C\N(C)c1ccnc2nc(-c3n[nH]c4ccc(-c5cncc(NC(=O)C(C)C)c5)cc34)[nH]c12. The third kappa shape index (κ3) is 4.68. The summed E-state index contributed by atoms with van der Waals surface area (Å²) in [7, 11) is 1.94. The molecule has 37 heavy (non-hydrogen) atoms. The summed E-state index contributed by atoms with van der Waals surface area (Å²) >= 11 is 0. The first-order valence-electron chi connectivity index (χ1n) is 11.8. The number of aliphatic imine (C=N–C) groups is 1. The maximum atomic E-state index is 12.1. The Bertz CT molecular complexity index is 1660. The van der Waals surface area contributed by atoms with Crippen LogP contribution in [0.2, 0.25) is 0 Å². The highest BCUT2D eigenvalue weighted by Crippen LogP contribution is 2.32. The van der Waals surface area contributed by atoms with Gasteiger partial charge >= 0.3 is 0 Å². The summed E-state index contributed by atoms with van der Waals surface area (Å²) in [4.78, 5) is 34.9. The fourth-order valence-corrected chi connectivity index (χ4v) is 4.02. The van der Waals surface area contributed by atoms with E-state index in [1.807, 2.05) is 69.3 Å². The second-order valence-electron chi connectivity index (χ2n) is 9.09. The molecule has 5 rings (SSSR count). The van der Waals surface area contributed by atoms with Crippen molar-refractivity contribution in [2.75, 3.05) is 17.3 Å². The molecule has 5 aromatic rings. The Morgan fingerprint density at radius 1 is 1.19 bits per heavy atom. The number of benzene rings is 1. The molecule has 3 N–H and O–H groups in total. The lowest BCUT2D eigenvalue weighted by molar-refractivity contribution is -0.118. The number of carbonyl (C=O) groups excluding carboxylic acids is 1. The van der Waals surface area contributed by atoms with E-state index in [0.717, 1.165) is 38.9 Å². The van der Waals surface area contributed by atoms with E-state index < -0.39 is 0 Å². The Hall–Kier alpha value is -4.86. The predicted octanol–water partition coefficient (Wildman–Crippen LogP) is 5.16. The van der Waals surface area contributed by atoms with Crippen molar-refractivity contribution in [1.82, 2.24) is 30.1 Å². The topological polar surface area (TPSA) is 128 Å². The minimum Gasteiger partial charge on any atom is -0.347 e. The number of rotatable bonds is 7. The van der Waals surface area contributed by atoms with E-state index in [0.29, 0.717) is 22.9 Å². The normalized spacial score (nSPS) is 11.9. The Morgan fingerprint density at radius 3 is 2.81 bits per heavy atom. The number of pyridine rings is 2. The summed E-state index contributed by atoms with van der Waals surface area (Å²) < 4.78 is 0. The van der Waals surface area contributed by atoms with Gasteiger partial charge in [0.05, 0.1) is 28.8 Å². The lowest BCUT2D eigenvalue weighted by atomic mass is 10.0. The minimum atomic E-state index is -0.120. The minimum absolute atomic E-state index is 0.0542. The smallest absolute Gasteiger partial charge is 0.226 e. The molecule has 0 aliphatic carbocycles. The van der Waals surface area contributed by atoms with Gasteiger partial charge in [0, 0.05) is 42.5 Å². The van der Waals surface area contributed by atoms with Gasteiger partial charge in [0.25, 0.3) is 0 Å². The fraction of sp³-hybridized carbons (Fsp3) is 0.185. The van der Waals surface area contributed by atoms with Crippen LogP contribution in [0.1, 0.15) is 20.8 Å². The molecule has 0 fully saturated rings. The van der Waals surface area contributed by atoms with Crippen LogP contribution in [0.15, 0.2) is 65.8 Å². The largest absolute Gasteiger partial charge is 0.347 e. The zero-order chi connectivity index (χ0) is 26.1. The highest BCUT2D eigenvalue weighted by atomic mass is 16.1. The molecule has 0 saturated heterocycles. The molecule has 4 heterocycles. The molecule has 1 aromatic carbocycles. The highest BCUT2D eigenvalue weighted by Gasteiger charge is 2.17. The molecular formula is C27H27N9O. The van der Waals surface area contributed by atoms with Crippen molar-refractivity contribution in [3.05, 3.63) is 60.8 Å². The van der Waals surface area contributed by atoms with Crippen molar-refractivity contribution in [3.8, 4) is 22.6 Å². The number of nitrogens with one attached hydrogen (secondary N) is 3. The van der Waals surface area contributed by atoms with Gasteiger partial charge in [-0.2, -0.15) is 5.10 Å². The third-order valence-corrected chi connectivity index (χ3v) is 6.03. The second kappa shape index (κ2) is 9.65. The fourth-order valence-electron chi connectivity index (χ4n) is 4.02. The maximum absolute atomic E-state index is 12.1. The zero-order valence-electron chi connectivity index (χ0n) is 21.1. The van der Waals surface area contributed by atoms with Crippen LogP contribution in [-0.2, 0) is 4.79 Å². The molecule has 0 unspecified atom stereocenters. The van der Waals surface area contributed by atoms with Crippen LogP contribution in [-0.4, -0.2) is 49.8 Å². The van der Waals surface area contributed by atoms with Gasteiger partial charge in [-0.15, -0.1) is 0 Å². The monoisotopic (exact) mass is 493 g/mol. The van der Waals surface area contributed by atoms with E-state index in [-0.39, 0.29) is 11.8 Å². The number of carbonyl (C=O) groups is 1. The Kier molecular flexibility index (Phi) is 6.22. The summed E-state index contributed by atoms with van der Waals surface area (Å²) in [5, 5.41) is 11.4. The number of anilines is 2. The summed E-state index contributed by atoms with van der Waals surface area (Å²) in [6.45, 7) is 9.17. The average Bonchev–Trinajstić information content (AvgIpc) is 3.52. The summed E-state index contributed by atoms with van der Waals surface area (Å²) in [6, 6.07) is 9.82. The number of hydrogen-bond acceptors (Lipinski definition) is 7. The number of imidazole rings is 1. The number of hydrogen-bond donors (Lipinski definition) is 3. The van der Waals surface area contributed by atoms with Crippen LogP contribution in [0.3, 0.4) is 0 Å². The van der Waals surface area contributed by atoms with Crippen molar-refractivity contribution < 1.29 is 4.79 Å².